The average Bonchev–Trinajstić information content (AvgIpc) is 3.76. The van der Waals surface area contributed by atoms with Crippen LogP contribution in [0.3, 0.4) is 0 Å². The molecule has 1 fully saturated rings. The summed E-state index contributed by atoms with van der Waals surface area (Å²) in [6, 6.07) is 19.8. The highest BCUT2D eigenvalue weighted by Crippen LogP contribution is 2.62. The lowest BCUT2D eigenvalue weighted by Crippen LogP contribution is -2.70. The Morgan fingerprint density at radius 2 is 1.70 bits per heavy atom. The molecule has 0 saturated heterocycles. The van der Waals surface area contributed by atoms with Gasteiger partial charge >= 0.3 is 12.2 Å². The SMILES string of the molecule is C=CCOC12Oc3ccc(OC(=O)NCc4ccccc4)cc3C3C(CCCCO)C(CCCCO)C=C(C(=NOC(C)(C)C)CC1N(Cc1ccc4c(c1)OCO4)C(=O)OCC)C32. The van der Waals surface area contributed by atoms with Crippen LogP contribution in [0.15, 0.2) is 96.2 Å². The van der Waals surface area contributed by atoms with E-state index in [4.69, 9.17) is 38.4 Å². The van der Waals surface area contributed by atoms with Crippen LogP contribution in [0.25, 0.3) is 0 Å². The largest absolute Gasteiger partial charge is 0.459 e. The molecule has 3 N–H and O–H groups in total. The summed E-state index contributed by atoms with van der Waals surface area (Å²) in [5, 5.41) is 27.7. The summed E-state index contributed by atoms with van der Waals surface area (Å²) < 4.78 is 37.6. The fourth-order valence-electron chi connectivity index (χ4n) is 9.56. The first-order chi connectivity index (χ1) is 31.0. The molecule has 3 aromatic rings. The molecule has 0 radical (unpaired) electrons. The number of nitrogens with zero attached hydrogens (tertiary/aromatic N) is 2. The molecule has 0 aromatic heterocycles. The Balaban J connectivity index is 1.41. The fourth-order valence-corrected chi connectivity index (χ4v) is 9.56. The second kappa shape index (κ2) is 21.0. The lowest BCUT2D eigenvalue weighted by Gasteiger charge is -2.60. The molecular formula is C50H63N3O11. The van der Waals surface area contributed by atoms with Gasteiger partial charge in [0.2, 0.25) is 12.6 Å². The Morgan fingerprint density at radius 1 is 0.953 bits per heavy atom. The van der Waals surface area contributed by atoms with Gasteiger partial charge in [-0.05, 0) is 112 Å². The molecule has 2 aliphatic carbocycles. The lowest BCUT2D eigenvalue weighted by molar-refractivity contribution is -0.256. The third-order valence-corrected chi connectivity index (χ3v) is 12.2. The van der Waals surface area contributed by atoms with Crippen molar-refractivity contribution in [2.24, 2.45) is 22.9 Å². The zero-order chi connectivity index (χ0) is 45.3. The Kier molecular flexibility index (Phi) is 15.2. The van der Waals surface area contributed by atoms with Gasteiger partial charge in [0, 0.05) is 44.2 Å². The number of carbonyl (C=O) groups excluding carboxylic acids is 2. The minimum atomic E-state index is -1.53. The number of unbranched alkanes of at least 4 members (excludes halogenated alkanes) is 2. The van der Waals surface area contributed by atoms with Crippen LogP contribution in [0.5, 0.6) is 23.0 Å². The van der Waals surface area contributed by atoms with Gasteiger partial charge in [-0.1, -0.05) is 66.5 Å². The summed E-state index contributed by atoms with van der Waals surface area (Å²) in [5.74, 6) is -0.414. The highest BCUT2D eigenvalue weighted by molar-refractivity contribution is 6.03. The minimum absolute atomic E-state index is 0.00877. The van der Waals surface area contributed by atoms with Gasteiger partial charge in [-0.25, -0.2) is 9.59 Å². The van der Waals surface area contributed by atoms with Crippen molar-refractivity contribution in [2.45, 2.75) is 109 Å². The summed E-state index contributed by atoms with van der Waals surface area (Å²) in [6.07, 6.45) is 7.27. The zero-order valence-corrected chi connectivity index (χ0v) is 37.5. The van der Waals surface area contributed by atoms with E-state index in [1.165, 1.54) is 0 Å². The molecule has 2 heterocycles. The molecule has 2 aliphatic heterocycles. The van der Waals surface area contributed by atoms with Crippen LogP contribution in [0.1, 0.15) is 95.2 Å². The van der Waals surface area contributed by atoms with Crippen molar-refractivity contribution in [3.63, 3.8) is 0 Å². The van der Waals surface area contributed by atoms with Gasteiger partial charge < -0.3 is 48.8 Å². The van der Waals surface area contributed by atoms with Crippen molar-refractivity contribution >= 4 is 17.9 Å². The predicted molar refractivity (Wildman–Crippen MR) is 240 cm³/mol. The van der Waals surface area contributed by atoms with E-state index in [0.29, 0.717) is 48.1 Å². The van der Waals surface area contributed by atoms with Gasteiger partial charge in [0.25, 0.3) is 0 Å². The highest BCUT2D eigenvalue weighted by atomic mass is 16.7. The number of benzene rings is 3. The van der Waals surface area contributed by atoms with E-state index in [1.54, 1.807) is 24.0 Å². The maximum absolute atomic E-state index is 14.5. The minimum Gasteiger partial charge on any atom is -0.459 e. The zero-order valence-electron chi connectivity index (χ0n) is 37.5. The number of allylic oxidation sites excluding steroid dienone is 1. The third-order valence-electron chi connectivity index (χ3n) is 12.2. The Morgan fingerprint density at radius 3 is 2.44 bits per heavy atom. The second-order valence-electron chi connectivity index (χ2n) is 17.7. The van der Waals surface area contributed by atoms with Gasteiger partial charge in [0.05, 0.1) is 24.8 Å². The molecule has 2 amide bonds. The van der Waals surface area contributed by atoms with Crippen LogP contribution in [-0.2, 0) is 27.4 Å². The fraction of sp³-hybridized carbons (Fsp3) is 0.500. The molecule has 1 saturated carbocycles. The first kappa shape index (κ1) is 46.4. The number of rotatable bonds is 19. The summed E-state index contributed by atoms with van der Waals surface area (Å²) in [7, 11) is 0. The smallest absolute Gasteiger partial charge is 0.412 e. The lowest BCUT2D eigenvalue weighted by atomic mass is 9.55. The van der Waals surface area contributed by atoms with Crippen LogP contribution in [-0.4, -0.2) is 83.7 Å². The maximum Gasteiger partial charge on any atom is 0.412 e. The molecule has 0 bridgehead atoms. The van der Waals surface area contributed by atoms with Crippen molar-refractivity contribution in [1.29, 1.82) is 0 Å². The molecule has 0 spiro atoms. The number of carbonyl (C=O) groups is 2. The Labute approximate surface area is 376 Å². The quantitative estimate of drug-likeness (QED) is 0.0598. The number of hydrogen-bond acceptors (Lipinski definition) is 12. The number of nitrogens with one attached hydrogen (secondary N) is 1. The first-order valence-corrected chi connectivity index (χ1v) is 22.6. The monoisotopic (exact) mass is 881 g/mol. The summed E-state index contributed by atoms with van der Waals surface area (Å²) >= 11 is 0. The molecule has 14 nitrogen and oxygen atoms in total. The van der Waals surface area contributed by atoms with Crippen molar-refractivity contribution in [3.8, 4) is 23.0 Å². The topological polar surface area (TPSA) is 167 Å². The van der Waals surface area contributed by atoms with Gasteiger partial charge in [-0.2, -0.15) is 0 Å². The van der Waals surface area contributed by atoms with E-state index in [0.717, 1.165) is 47.9 Å². The van der Waals surface area contributed by atoms with Crippen LogP contribution in [0, 0.1) is 17.8 Å². The highest BCUT2D eigenvalue weighted by Gasteiger charge is 2.66. The molecule has 64 heavy (non-hydrogen) atoms. The van der Waals surface area contributed by atoms with E-state index in [2.05, 4.69) is 18.0 Å². The number of aliphatic hydroxyl groups excluding tert-OH is 2. The molecule has 14 heteroatoms. The molecular weight excluding hydrogens is 819 g/mol. The molecule has 6 unspecified atom stereocenters. The van der Waals surface area contributed by atoms with E-state index >= 15 is 0 Å². The van der Waals surface area contributed by atoms with Crippen LogP contribution >= 0.6 is 0 Å². The van der Waals surface area contributed by atoms with Gasteiger partial charge in [0.1, 0.15) is 23.1 Å². The molecule has 7 rings (SSSR count). The second-order valence-corrected chi connectivity index (χ2v) is 17.7. The number of aliphatic hydroxyl groups is 2. The van der Waals surface area contributed by atoms with Crippen LogP contribution in [0.4, 0.5) is 9.59 Å². The normalized spacial score (nSPS) is 23.5. The standard InChI is InChI=1S/C50H63N3O11/c1-6-25-61-50-44(53(48(57)58-7-2)31-34-19-21-42-43(26-34)60-32-59-42)29-40(52-64-49(3,4)5)38-27-35(17-11-13-23-54)37(18-12-14-24-55)45(46(38)50)39-28-36(20-22-41(39)63-50)62-47(56)51-30-33-15-9-8-10-16-33/h6,8-10,15-16,19-22,26-28,35,37,44-46,54-55H,1,7,11-14,17-18,23-25,29-32H2,2-5H3,(H,51,56). The number of hydrogen-bond donors (Lipinski definition) is 3. The average molecular weight is 882 g/mol. The number of ether oxygens (including phenoxy) is 6. The summed E-state index contributed by atoms with van der Waals surface area (Å²) in [6.45, 7) is 12.4. The summed E-state index contributed by atoms with van der Waals surface area (Å²) in [4.78, 5) is 35.8. The third kappa shape index (κ3) is 10.5. The van der Waals surface area contributed by atoms with Crippen molar-refractivity contribution in [3.05, 3.63) is 108 Å². The van der Waals surface area contributed by atoms with E-state index in [1.807, 2.05) is 81.4 Å². The molecule has 4 aliphatic rings. The van der Waals surface area contributed by atoms with Crippen molar-refractivity contribution < 1.29 is 53.1 Å². The maximum atomic E-state index is 14.5. The van der Waals surface area contributed by atoms with Gasteiger partial charge in [0.15, 0.2) is 11.5 Å². The first-order valence-electron chi connectivity index (χ1n) is 22.6. The molecule has 344 valence electrons. The van der Waals surface area contributed by atoms with E-state index < -0.39 is 35.5 Å². The van der Waals surface area contributed by atoms with Crippen LogP contribution < -0.4 is 24.3 Å². The van der Waals surface area contributed by atoms with Crippen molar-refractivity contribution in [1.82, 2.24) is 10.2 Å². The van der Waals surface area contributed by atoms with Gasteiger partial charge in [-0.15, -0.1) is 6.58 Å². The number of oxime groups is 1. The predicted octanol–water partition coefficient (Wildman–Crippen LogP) is 8.79. The van der Waals surface area contributed by atoms with E-state index in [9.17, 15) is 19.8 Å². The molecule has 6 atom stereocenters. The summed E-state index contributed by atoms with van der Waals surface area (Å²) in [5.41, 5.74) is 3.41. The Hall–Kier alpha value is -5.57. The molecule has 3 aromatic carbocycles. The van der Waals surface area contributed by atoms with Crippen LogP contribution in [0.2, 0.25) is 0 Å². The van der Waals surface area contributed by atoms with Crippen molar-refractivity contribution in [2.75, 3.05) is 33.2 Å². The number of amides is 2. The number of fused-ring (bicyclic) bond motifs is 3. The Bertz CT molecular complexity index is 2150. The van der Waals surface area contributed by atoms with Gasteiger partial charge in [-0.3, -0.25) is 4.90 Å². The van der Waals surface area contributed by atoms with E-state index in [-0.39, 0.29) is 63.9 Å².